The van der Waals surface area contributed by atoms with Crippen LogP contribution in [0.25, 0.3) is 6.08 Å². The molecule has 10 heteroatoms. The second-order valence-corrected chi connectivity index (χ2v) is 10.2. The SMILES string of the molecule is COc1ccc(/C=C/C(=O)OCC(=O)N2C(C)CCCC2C)cc1S(=O)(=O)N1CCOCC1. The third-order valence-electron chi connectivity index (χ3n) is 6.01. The standard InChI is InChI=1S/C23H32N2O7S/c1-17-5-4-6-18(2)25(17)22(26)16-32-23(27)10-8-19-7-9-20(30-3)21(15-19)33(28,29)24-11-13-31-14-12-24/h7-10,15,17-18H,4-6,11-14,16H2,1-3H3/b10-8+. The Labute approximate surface area is 195 Å². The Hall–Kier alpha value is -2.43. The highest BCUT2D eigenvalue weighted by atomic mass is 32.2. The molecule has 2 unspecified atom stereocenters. The molecule has 2 fully saturated rings. The smallest absolute Gasteiger partial charge is 0.331 e. The van der Waals surface area contributed by atoms with Crippen LogP contribution in [-0.2, 0) is 29.1 Å². The number of sulfonamides is 1. The summed E-state index contributed by atoms with van der Waals surface area (Å²) in [5.41, 5.74) is 0.490. The predicted molar refractivity (Wildman–Crippen MR) is 122 cm³/mol. The van der Waals surface area contributed by atoms with Crippen LogP contribution in [0.4, 0.5) is 0 Å². The lowest BCUT2D eigenvalue weighted by atomic mass is 9.97. The zero-order valence-electron chi connectivity index (χ0n) is 19.4. The number of amides is 1. The summed E-state index contributed by atoms with van der Waals surface area (Å²) in [6.07, 6.45) is 5.61. The maximum absolute atomic E-state index is 13.1. The summed E-state index contributed by atoms with van der Waals surface area (Å²) in [6.45, 7) is 4.88. The Morgan fingerprint density at radius 1 is 1.15 bits per heavy atom. The van der Waals surface area contributed by atoms with E-state index in [0.29, 0.717) is 18.8 Å². The number of benzene rings is 1. The molecule has 2 aliphatic rings. The number of hydrogen-bond acceptors (Lipinski definition) is 7. The third kappa shape index (κ3) is 6.13. The van der Waals surface area contributed by atoms with Gasteiger partial charge in [0.05, 0.1) is 20.3 Å². The molecule has 0 bridgehead atoms. The van der Waals surface area contributed by atoms with Gasteiger partial charge in [0.2, 0.25) is 10.0 Å². The number of nitrogens with zero attached hydrogens (tertiary/aromatic N) is 2. The lowest BCUT2D eigenvalue weighted by Crippen LogP contribution is -2.49. The van der Waals surface area contributed by atoms with E-state index in [4.69, 9.17) is 14.2 Å². The van der Waals surface area contributed by atoms with Crippen molar-refractivity contribution in [1.29, 1.82) is 0 Å². The van der Waals surface area contributed by atoms with Gasteiger partial charge in [-0.25, -0.2) is 13.2 Å². The Kier molecular flexibility index (Phi) is 8.50. The van der Waals surface area contributed by atoms with Gasteiger partial charge in [-0.2, -0.15) is 4.31 Å². The number of likely N-dealkylation sites (tertiary alicyclic amines) is 1. The van der Waals surface area contributed by atoms with Crippen LogP contribution in [0.15, 0.2) is 29.2 Å². The molecule has 33 heavy (non-hydrogen) atoms. The normalized spacial score (nSPS) is 22.3. The summed E-state index contributed by atoms with van der Waals surface area (Å²) < 4.78 is 43.1. The molecule has 0 radical (unpaired) electrons. The summed E-state index contributed by atoms with van der Waals surface area (Å²) in [6, 6.07) is 4.89. The maximum Gasteiger partial charge on any atom is 0.331 e. The van der Waals surface area contributed by atoms with E-state index in [1.54, 1.807) is 17.0 Å². The molecule has 2 aliphatic heterocycles. The third-order valence-corrected chi connectivity index (χ3v) is 7.93. The number of carbonyl (C=O) groups excluding carboxylic acids is 2. The Balaban J connectivity index is 1.66. The van der Waals surface area contributed by atoms with E-state index in [2.05, 4.69) is 0 Å². The van der Waals surface area contributed by atoms with Crippen LogP contribution >= 0.6 is 0 Å². The lowest BCUT2D eigenvalue weighted by molar-refractivity contribution is -0.151. The van der Waals surface area contributed by atoms with Gasteiger partial charge in [-0.15, -0.1) is 0 Å². The van der Waals surface area contributed by atoms with Crippen molar-refractivity contribution in [2.45, 2.75) is 50.1 Å². The van der Waals surface area contributed by atoms with Crippen LogP contribution in [0.3, 0.4) is 0 Å². The van der Waals surface area contributed by atoms with E-state index >= 15 is 0 Å². The first-order chi connectivity index (χ1) is 15.7. The van der Waals surface area contributed by atoms with Crippen LogP contribution in [0.5, 0.6) is 5.75 Å². The summed E-state index contributed by atoms with van der Waals surface area (Å²) in [7, 11) is -2.38. The number of methoxy groups -OCH3 is 1. The fourth-order valence-corrected chi connectivity index (χ4v) is 5.86. The van der Waals surface area contributed by atoms with Crippen molar-refractivity contribution in [3.63, 3.8) is 0 Å². The second-order valence-electron chi connectivity index (χ2n) is 8.30. The van der Waals surface area contributed by atoms with Crippen LogP contribution < -0.4 is 4.74 Å². The van der Waals surface area contributed by atoms with Crippen molar-refractivity contribution in [2.24, 2.45) is 0 Å². The van der Waals surface area contributed by atoms with Gasteiger partial charge in [0.15, 0.2) is 6.61 Å². The van der Waals surface area contributed by atoms with Crippen molar-refractivity contribution in [3.8, 4) is 5.75 Å². The summed E-state index contributed by atoms with van der Waals surface area (Å²) in [4.78, 5) is 26.5. The van der Waals surface area contributed by atoms with E-state index < -0.39 is 16.0 Å². The van der Waals surface area contributed by atoms with Crippen molar-refractivity contribution in [1.82, 2.24) is 9.21 Å². The molecule has 9 nitrogen and oxygen atoms in total. The van der Waals surface area contributed by atoms with E-state index in [1.165, 1.54) is 29.6 Å². The molecule has 2 heterocycles. The van der Waals surface area contributed by atoms with Crippen LogP contribution in [0, 0.1) is 0 Å². The molecule has 0 aromatic heterocycles. The largest absolute Gasteiger partial charge is 0.495 e. The number of carbonyl (C=O) groups is 2. The molecule has 1 aromatic carbocycles. The monoisotopic (exact) mass is 480 g/mol. The number of esters is 1. The average Bonchev–Trinajstić information content (AvgIpc) is 2.81. The molecule has 3 rings (SSSR count). The number of ether oxygens (including phenoxy) is 3. The molecular formula is C23H32N2O7S. The first-order valence-electron chi connectivity index (χ1n) is 11.2. The Morgan fingerprint density at radius 3 is 2.45 bits per heavy atom. The van der Waals surface area contributed by atoms with E-state index in [1.807, 2.05) is 13.8 Å². The minimum Gasteiger partial charge on any atom is -0.495 e. The van der Waals surface area contributed by atoms with Crippen LogP contribution in [0.1, 0.15) is 38.7 Å². The first-order valence-corrected chi connectivity index (χ1v) is 12.6. The fraction of sp³-hybridized carbons (Fsp3) is 0.565. The van der Waals surface area contributed by atoms with Gasteiger partial charge < -0.3 is 19.1 Å². The summed E-state index contributed by atoms with van der Waals surface area (Å²) in [5, 5.41) is 0. The number of rotatable bonds is 7. The van der Waals surface area contributed by atoms with Gasteiger partial charge in [0.25, 0.3) is 5.91 Å². The van der Waals surface area contributed by atoms with Crippen LogP contribution in [-0.4, -0.2) is 81.6 Å². The molecule has 0 aliphatic carbocycles. The highest BCUT2D eigenvalue weighted by Crippen LogP contribution is 2.29. The maximum atomic E-state index is 13.1. The number of piperidine rings is 1. The molecule has 1 amide bonds. The van der Waals surface area contributed by atoms with Gasteiger partial charge in [-0.05, 0) is 56.9 Å². The Morgan fingerprint density at radius 2 is 1.82 bits per heavy atom. The zero-order chi connectivity index (χ0) is 24.0. The molecule has 1 aromatic rings. The first kappa shape index (κ1) is 25.2. The summed E-state index contributed by atoms with van der Waals surface area (Å²) >= 11 is 0. The van der Waals surface area contributed by atoms with E-state index in [-0.39, 0.29) is 48.3 Å². The fourth-order valence-electron chi connectivity index (χ4n) is 4.26. The van der Waals surface area contributed by atoms with Crippen molar-refractivity contribution >= 4 is 28.0 Å². The molecule has 0 N–H and O–H groups in total. The quantitative estimate of drug-likeness (QED) is 0.435. The highest BCUT2D eigenvalue weighted by molar-refractivity contribution is 7.89. The number of morpholine rings is 1. The molecule has 182 valence electrons. The van der Waals surface area contributed by atoms with Crippen LogP contribution in [0.2, 0.25) is 0 Å². The van der Waals surface area contributed by atoms with Gasteiger partial charge >= 0.3 is 5.97 Å². The Bertz CT molecular complexity index is 977. The molecule has 2 atom stereocenters. The molecule has 0 spiro atoms. The predicted octanol–water partition coefficient (Wildman–Crippen LogP) is 2.06. The second kappa shape index (κ2) is 11.1. The van der Waals surface area contributed by atoms with Crippen molar-refractivity contribution < 1.29 is 32.2 Å². The van der Waals surface area contributed by atoms with Crippen molar-refractivity contribution in [2.75, 3.05) is 40.0 Å². The minimum absolute atomic E-state index is 0.0191. The average molecular weight is 481 g/mol. The van der Waals surface area contributed by atoms with E-state index in [9.17, 15) is 18.0 Å². The molecule has 2 saturated heterocycles. The minimum atomic E-state index is -3.78. The summed E-state index contributed by atoms with van der Waals surface area (Å²) in [5.74, 6) is -0.662. The van der Waals surface area contributed by atoms with Gasteiger partial charge in [0, 0.05) is 31.2 Å². The van der Waals surface area contributed by atoms with E-state index in [0.717, 1.165) is 19.3 Å². The molecule has 0 saturated carbocycles. The molecular weight excluding hydrogens is 448 g/mol. The van der Waals surface area contributed by atoms with Gasteiger partial charge in [-0.1, -0.05) is 6.07 Å². The zero-order valence-corrected chi connectivity index (χ0v) is 20.2. The topological polar surface area (TPSA) is 102 Å². The van der Waals surface area contributed by atoms with Gasteiger partial charge in [-0.3, -0.25) is 4.79 Å². The lowest BCUT2D eigenvalue weighted by Gasteiger charge is -2.38. The highest BCUT2D eigenvalue weighted by Gasteiger charge is 2.30. The number of hydrogen-bond donors (Lipinski definition) is 0. The van der Waals surface area contributed by atoms with Crippen molar-refractivity contribution in [3.05, 3.63) is 29.8 Å². The van der Waals surface area contributed by atoms with Gasteiger partial charge in [0.1, 0.15) is 10.6 Å².